The van der Waals surface area contributed by atoms with Crippen LogP contribution in [-0.4, -0.2) is 79.9 Å². The van der Waals surface area contributed by atoms with E-state index in [0.717, 1.165) is 32.5 Å². The Balaban J connectivity index is 1.90. The maximum Gasteiger partial charge on any atom is 0.282 e. The standard InChI is InChI=1S/C16H33N3O3S/c1-5-17(6-2)13-16-7-9-18(10-8-16)23(20,21)19-11-14(3)22-15(4)12-19/h14-16H,5-13H2,1-4H3. The van der Waals surface area contributed by atoms with Gasteiger partial charge in [-0.3, -0.25) is 0 Å². The van der Waals surface area contributed by atoms with Crippen LogP contribution in [0.5, 0.6) is 0 Å². The highest BCUT2D eigenvalue weighted by molar-refractivity contribution is 7.86. The van der Waals surface area contributed by atoms with Gasteiger partial charge in [-0.05, 0) is 45.7 Å². The van der Waals surface area contributed by atoms with Gasteiger partial charge < -0.3 is 9.64 Å². The minimum atomic E-state index is -3.34. The Morgan fingerprint density at radius 1 is 1.00 bits per heavy atom. The first kappa shape index (κ1) is 19.1. The Morgan fingerprint density at radius 2 is 1.52 bits per heavy atom. The third-order valence-electron chi connectivity index (χ3n) is 5.02. The quantitative estimate of drug-likeness (QED) is 0.729. The van der Waals surface area contributed by atoms with E-state index in [9.17, 15) is 8.42 Å². The van der Waals surface area contributed by atoms with Gasteiger partial charge in [0.15, 0.2) is 0 Å². The van der Waals surface area contributed by atoms with Crippen LogP contribution < -0.4 is 0 Å². The average Bonchev–Trinajstić information content (AvgIpc) is 2.52. The van der Waals surface area contributed by atoms with E-state index in [0.29, 0.717) is 32.1 Å². The second kappa shape index (κ2) is 8.25. The summed E-state index contributed by atoms with van der Waals surface area (Å²) in [5.74, 6) is 0.615. The summed E-state index contributed by atoms with van der Waals surface area (Å²) in [7, 11) is -3.34. The van der Waals surface area contributed by atoms with E-state index in [1.165, 1.54) is 0 Å². The van der Waals surface area contributed by atoms with Gasteiger partial charge in [0.2, 0.25) is 0 Å². The van der Waals surface area contributed by atoms with Crippen LogP contribution in [0.15, 0.2) is 0 Å². The van der Waals surface area contributed by atoms with E-state index in [2.05, 4.69) is 18.7 Å². The van der Waals surface area contributed by atoms with Gasteiger partial charge in [0, 0.05) is 32.7 Å². The lowest BCUT2D eigenvalue weighted by Gasteiger charge is -2.40. The van der Waals surface area contributed by atoms with E-state index < -0.39 is 10.2 Å². The molecule has 2 unspecified atom stereocenters. The SMILES string of the molecule is CCN(CC)CC1CCN(S(=O)(=O)N2CC(C)OC(C)C2)CC1. The smallest absolute Gasteiger partial charge is 0.282 e. The van der Waals surface area contributed by atoms with Gasteiger partial charge in [-0.2, -0.15) is 17.0 Å². The van der Waals surface area contributed by atoms with Crippen LogP contribution in [0, 0.1) is 5.92 Å². The minimum absolute atomic E-state index is 0.0336. The first-order valence-electron chi connectivity index (χ1n) is 8.99. The lowest BCUT2D eigenvalue weighted by atomic mass is 9.97. The van der Waals surface area contributed by atoms with Crippen LogP contribution in [0.1, 0.15) is 40.5 Å². The van der Waals surface area contributed by atoms with E-state index in [4.69, 9.17) is 4.74 Å². The van der Waals surface area contributed by atoms with E-state index in [1.807, 2.05) is 13.8 Å². The molecule has 2 heterocycles. The molecule has 0 bridgehead atoms. The summed E-state index contributed by atoms with van der Waals surface area (Å²) in [6.07, 6.45) is 1.86. The molecule has 2 atom stereocenters. The highest BCUT2D eigenvalue weighted by Gasteiger charge is 2.37. The monoisotopic (exact) mass is 347 g/mol. The third kappa shape index (κ3) is 4.89. The molecule has 0 aromatic rings. The lowest BCUT2D eigenvalue weighted by molar-refractivity contribution is -0.0457. The fraction of sp³-hybridized carbons (Fsp3) is 1.00. The van der Waals surface area contributed by atoms with Crippen LogP contribution in [0.25, 0.3) is 0 Å². The van der Waals surface area contributed by atoms with Crippen LogP contribution in [0.2, 0.25) is 0 Å². The van der Waals surface area contributed by atoms with Gasteiger partial charge in [-0.1, -0.05) is 13.8 Å². The summed E-state index contributed by atoms with van der Waals surface area (Å²) in [4.78, 5) is 2.43. The average molecular weight is 348 g/mol. The first-order chi connectivity index (χ1) is 10.9. The Labute approximate surface area is 141 Å². The molecule has 6 nitrogen and oxygen atoms in total. The van der Waals surface area contributed by atoms with Gasteiger partial charge in [0.25, 0.3) is 10.2 Å². The molecular formula is C16H33N3O3S. The lowest BCUT2D eigenvalue weighted by Crippen LogP contribution is -2.54. The topological polar surface area (TPSA) is 53.1 Å². The molecule has 0 aromatic carbocycles. The molecule has 0 aromatic heterocycles. The Bertz CT molecular complexity index is 449. The number of hydrogen-bond acceptors (Lipinski definition) is 4. The van der Waals surface area contributed by atoms with Gasteiger partial charge in [-0.15, -0.1) is 0 Å². The van der Waals surface area contributed by atoms with Crippen molar-refractivity contribution in [3.63, 3.8) is 0 Å². The highest BCUT2D eigenvalue weighted by atomic mass is 32.2. The number of rotatable bonds is 6. The number of ether oxygens (including phenoxy) is 1. The Kier molecular flexibility index (Phi) is 6.86. The van der Waals surface area contributed by atoms with Gasteiger partial charge in [0.1, 0.15) is 0 Å². The number of morpholine rings is 1. The maximum absolute atomic E-state index is 12.9. The predicted molar refractivity (Wildman–Crippen MR) is 92.6 cm³/mol. The van der Waals surface area contributed by atoms with Crippen molar-refractivity contribution in [2.45, 2.75) is 52.7 Å². The molecular weight excluding hydrogens is 314 g/mol. The molecule has 0 radical (unpaired) electrons. The second-order valence-electron chi connectivity index (χ2n) is 6.91. The molecule has 2 rings (SSSR count). The van der Waals surface area contributed by atoms with Gasteiger partial charge in [-0.25, -0.2) is 0 Å². The Morgan fingerprint density at radius 3 is 2.00 bits per heavy atom. The van der Waals surface area contributed by atoms with Crippen LogP contribution >= 0.6 is 0 Å². The molecule has 0 amide bonds. The summed E-state index contributed by atoms with van der Waals surface area (Å²) >= 11 is 0. The van der Waals surface area contributed by atoms with Crippen molar-refractivity contribution in [1.82, 2.24) is 13.5 Å². The van der Waals surface area contributed by atoms with Crippen molar-refractivity contribution >= 4 is 10.2 Å². The molecule has 0 spiro atoms. The van der Waals surface area contributed by atoms with Crippen molar-refractivity contribution in [2.24, 2.45) is 5.92 Å². The van der Waals surface area contributed by atoms with Crippen LogP contribution in [0.4, 0.5) is 0 Å². The zero-order chi connectivity index (χ0) is 17.0. The number of piperidine rings is 1. The molecule has 2 aliphatic rings. The highest BCUT2D eigenvalue weighted by Crippen LogP contribution is 2.24. The molecule has 0 aliphatic carbocycles. The molecule has 23 heavy (non-hydrogen) atoms. The third-order valence-corrected chi connectivity index (χ3v) is 6.99. The number of hydrogen-bond donors (Lipinski definition) is 0. The fourth-order valence-corrected chi connectivity index (χ4v) is 5.45. The van der Waals surface area contributed by atoms with Crippen LogP contribution in [-0.2, 0) is 14.9 Å². The van der Waals surface area contributed by atoms with Crippen molar-refractivity contribution in [3.8, 4) is 0 Å². The molecule has 0 N–H and O–H groups in total. The zero-order valence-electron chi connectivity index (χ0n) is 15.1. The van der Waals surface area contributed by atoms with Gasteiger partial charge >= 0.3 is 0 Å². The van der Waals surface area contributed by atoms with E-state index >= 15 is 0 Å². The summed E-state index contributed by atoms with van der Waals surface area (Å²) in [6.45, 7) is 13.7. The van der Waals surface area contributed by atoms with E-state index in [-0.39, 0.29) is 12.2 Å². The molecule has 2 fully saturated rings. The van der Waals surface area contributed by atoms with Crippen molar-refractivity contribution in [2.75, 3.05) is 45.8 Å². The summed E-state index contributed by atoms with van der Waals surface area (Å²) in [5.41, 5.74) is 0. The fourth-order valence-electron chi connectivity index (χ4n) is 3.65. The Hall–Kier alpha value is -0.210. The van der Waals surface area contributed by atoms with E-state index in [1.54, 1.807) is 8.61 Å². The first-order valence-corrected chi connectivity index (χ1v) is 10.4. The molecule has 0 saturated carbocycles. The largest absolute Gasteiger partial charge is 0.373 e. The van der Waals surface area contributed by atoms with Crippen molar-refractivity contribution < 1.29 is 13.2 Å². The molecule has 2 saturated heterocycles. The summed E-state index contributed by atoms with van der Waals surface area (Å²) in [6, 6.07) is 0. The van der Waals surface area contributed by atoms with Gasteiger partial charge in [0.05, 0.1) is 12.2 Å². The maximum atomic E-state index is 12.9. The molecule has 2 aliphatic heterocycles. The van der Waals surface area contributed by atoms with Crippen molar-refractivity contribution in [3.05, 3.63) is 0 Å². The zero-order valence-corrected chi connectivity index (χ0v) is 15.9. The summed E-state index contributed by atoms with van der Waals surface area (Å²) in [5, 5.41) is 0. The minimum Gasteiger partial charge on any atom is -0.373 e. The molecule has 7 heteroatoms. The molecule has 136 valence electrons. The predicted octanol–water partition coefficient (Wildman–Crippen LogP) is 1.39. The number of nitrogens with zero attached hydrogens (tertiary/aromatic N) is 3. The summed E-state index contributed by atoms with van der Waals surface area (Å²) < 4.78 is 34.7. The van der Waals surface area contributed by atoms with Crippen LogP contribution in [0.3, 0.4) is 0 Å². The normalized spacial score (nSPS) is 29.3. The van der Waals surface area contributed by atoms with Crippen molar-refractivity contribution in [1.29, 1.82) is 0 Å². The second-order valence-corrected chi connectivity index (χ2v) is 8.84.